The third-order valence-corrected chi connectivity index (χ3v) is 2.18. The van der Waals surface area contributed by atoms with Gasteiger partial charge in [-0.25, -0.2) is 0 Å². The molecule has 0 radical (unpaired) electrons. The summed E-state index contributed by atoms with van der Waals surface area (Å²) in [7, 11) is 0. The lowest BCUT2D eigenvalue weighted by Crippen LogP contribution is -2.27. The van der Waals surface area contributed by atoms with Gasteiger partial charge in [0.15, 0.2) is 5.92 Å². The molecule has 19 heavy (non-hydrogen) atoms. The van der Waals surface area contributed by atoms with Crippen LogP contribution in [-0.2, 0) is 19.1 Å². The number of esters is 2. The molecule has 0 unspecified atom stereocenters. The van der Waals surface area contributed by atoms with Crippen LogP contribution in [0.4, 0.5) is 0 Å². The summed E-state index contributed by atoms with van der Waals surface area (Å²) in [4.78, 5) is 23.3. The van der Waals surface area contributed by atoms with Crippen LogP contribution in [0.1, 0.15) is 27.2 Å². The van der Waals surface area contributed by atoms with E-state index < -0.39 is 17.9 Å². The van der Waals surface area contributed by atoms with Crippen molar-refractivity contribution in [1.29, 1.82) is 0 Å². The van der Waals surface area contributed by atoms with E-state index in [9.17, 15) is 9.59 Å². The Hall–Kier alpha value is -1.84. The summed E-state index contributed by atoms with van der Waals surface area (Å²) >= 11 is 0. The topological polar surface area (TPSA) is 52.6 Å². The molecule has 0 N–H and O–H groups in total. The third-order valence-electron chi connectivity index (χ3n) is 2.18. The maximum absolute atomic E-state index is 11.6. The fraction of sp³-hybridized carbons (Fsp3) is 0.467. The molecule has 0 saturated carbocycles. The summed E-state index contributed by atoms with van der Waals surface area (Å²) in [6.07, 6.45) is 11.3. The fourth-order valence-corrected chi connectivity index (χ4v) is 1.31. The number of carbonyl (C=O) groups is 2. The lowest BCUT2D eigenvalue weighted by molar-refractivity contribution is -0.161. The Kier molecular flexibility index (Phi) is 10.2. The molecule has 0 saturated heterocycles. The summed E-state index contributed by atoms with van der Waals surface area (Å²) in [5.74, 6) is -1.96. The SMILES string of the molecule is C/C=C/C=C/C=C/CC(C(=O)OCC)C(=O)OCC. The summed E-state index contributed by atoms with van der Waals surface area (Å²) in [6, 6.07) is 0. The van der Waals surface area contributed by atoms with Crippen molar-refractivity contribution in [2.75, 3.05) is 13.2 Å². The largest absolute Gasteiger partial charge is 0.465 e. The average Bonchev–Trinajstić information content (AvgIpc) is 2.38. The first-order valence-corrected chi connectivity index (χ1v) is 6.45. The number of allylic oxidation sites excluding steroid dienone is 6. The van der Waals surface area contributed by atoms with Crippen molar-refractivity contribution in [2.45, 2.75) is 27.2 Å². The van der Waals surface area contributed by atoms with Gasteiger partial charge in [-0.2, -0.15) is 0 Å². The molecule has 0 aromatic heterocycles. The van der Waals surface area contributed by atoms with Gasteiger partial charge in [0.2, 0.25) is 0 Å². The molecular weight excluding hydrogens is 244 g/mol. The van der Waals surface area contributed by atoms with E-state index in [1.165, 1.54) is 0 Å². The van der Waals surface area contributed by atoms with Gasteiger partial charge >= 0.3 is 11.9 Å². The van der Waals surface area contributed by atoms with Crippen LogP contribution in [0.5, 0.6) is 0 Å². The molecule has 0 atom stereocenters. The first-order valence-electron chi connectivity index (χ1n) is 6.45. The lowest BCUT2D eigenvalue weighted by atomic mass is 10.1. The Labute approximate surface area is 114 Å². The number of ether oxygens (including phenoxy) is 2. The Balaban J connectivity index is 4.49. The van der Waals surface area contributed by atoms with Crippen LogP contribution in [0.2, 0.25) is 0 Å². The minimum atomic E-state index is -0.883. The van der Waals surface area contributed by atoms with E-state index in [4.69, 9.17) is 9.47 Å². The van der Waals surface area contributed by atoms with Gasteiger partial charge in [0, 0.05) is 0 Å². The Morgan fingerprint density at radius 3 is 1.95 bits per heavy atom. The molecule has 4 nitrogen and oxygen atoms in total. The highest BCUT2D eigenvalue weighted by Crippen LogP contribution is 2.10. The number of rotatable bonds is 8. The number of carbonyl (C=O) groups excluding carboxylic acids is 2. The molecule has 4 heteroatoms. The quantitative estimate of drug-likeness (QED) is 0.385. The summed E-state index contributed by atoms with van der Waals surface area (Å²) < 4.78 is 9.73. The van der Waals surface area contributed by atoms with Gasteiger partial charge in [0.25, 0.3) is 0 Å². The normalized spacial score (nSPS) is 11.8. The second-order valence-corrected chi connectivity index (χ2v) is 3.63. The van der Waals surface area contributed by atoms with Crippen LogP contribution in [0.25, 0.3) is 0 Å². The van der Waals surface area contributed by atoms with Crippen LogP contribution in [0, 0.1) is 5.92 Å². The van der Waals surface area contributed by atoms with Gasteiger partial charge in [-0.3, -0.25) is 9.59 Å². The van der Waals surface area contributed by atoms with E-state index >= 15 is 0 Å². The van der Waals surface area contributed by atoms with Crippen LogP contribution >= 0.6 is 0 Å². The molecule has 0 aromatic rings. The van der Waals surface area contributed by atoms with E-state index in [-0.39, 0.29) is 19.6 Å². The second kappa shape index (κ2) is 11.3. The minimum absolute atomic E-state index is 0.250. The Bertz CT molecular complexity index is 335. The van der Waals surface area contributed by atoms with Crippen molar-refractivity contribution in [3.05, 3.63) is 36.5 Å². The molecule has 0 spiro atoms. The van der Waals surface area contributed by atoms with Crippen LogP contribution in [0.3, 0.4) is 0 Å². The van der Waals surface area contributed by atoms with Crippen LogP contribution in [0.15, 0.2) is 36.5 Å². The zero-order chi connectivity index (χ0) is 14.5. The van der Waals surface area contributed by atoms with Crippen molar-refractivity contribution in [3.63, 3.8) is 0 Å². The molecule has 0 rings (SSSR count). The highest BCUT2D eigenvalue weighted by molar-refractivity contribution is 5.95. The first-order chi connectivity index (χ1) is 9.17. The highest BCUT2D eigenvalue weighted by Gasteiger charge is 2.27. The maximum Gasteiger partial charge on any atom is 0.320 e. The third kappa shape index (κ3) is 7.97. The summed E-state index contributed by atoms with van der Waals surface area (Å²) in [5, 5.41) is 0. The van der Waals surface area contributed by atoms with E-state index in [1.807, 2.05) is 31.2 Å². The minimum Gasteiger partial charge on any atom is -0.465 e. The van der Waals surface area contributed by atoms with Gasteiger partial charge in [0.1, 0.15) is 0 Å². The van der Waals surface area contributed by atoms with Crippen LogP contribution < -0.4 is 0 Å². The van der Waals surface area contributed by atoms with Crippen LogP contribution in [-0.4, -0.2) is 25.2 Å². The zero-order valence-corrected chi connectivity index (χ0v) is 11.8. The first kappa shape index (κ1) is 17.2. The summed E-state index contributed by atoms with van der Waals surface area (Å²) in [5.41, 5.74) is 0. The summed E-state index contributed by atoms with van der Waals surface area (Å²) in [6.45, 7) is 5.83. The van der Waals surface area contributed by atoms with Crippen molar-refractivity contribution in [3.8, 4) is 0 Å². The van der Waals surface area contributed by atoms with Gasteiger partial charge in [-0.15, -0.1) is 0 Å². The molecule has 0 amide bonds. The van der Waals surface area contributed by atoms with Crippen molar-refractivity contribution >= 4 is 11.9 Å². The monoisotopic (exact) mass is 266 g/mol. The van der Waals surface area contributed by atoms with E-state index in [0.29, 0.717) is 0 Å². The molecule has 106 valence electrons. The standard InChI is InChI=1S/C15H22O4/c1-4-7-8-9-10-11-12-13(14(16)18-5-2)15(17)19-6-3/h4,7-11,13H,5-6,12H2,1-3H3/b7-4+,9-8+,11-10+. The second-order valence-electron chi connectivity index (χ2n) is 3.63. The van der Waals surface area contributed by atoms with Gasteiger partial charge in [0.05, 0.1) is 13.2 Å². The molecule has 0 aliphatic rings. The molecule has 0 heterocycles. The van der Waals surface area contributed by atoms with Crippen molar-refractivity contribution < 1.29 is 19.1 Å². The average molecular weight is 266 g/mol. The highest BCUT2D eigenvalue weighted by atomic mass is 16.6. The number of hydrogen-bond acceptors (Lipinski definition) is 4. The predicted octanol–water partition coefficient (Wildman–Crippen LogP) is 2.81. The predicted molar refractivity (Wildman–Crippen MR) is 74.5 cm³/mol. The van der Waals surface area contributed by atoms with E-state index in [0.717, 1.165) is 0 Å². The molecule has 0 bridgehead atoms. The van der Waals surface area contributed by atoms with Crippen molar-refractivity contribution in [1.82, 2.24) is 0 Å². The van der Waals surface area contributed by atoms with Crippen molar-refractivity contribution in [2.24, 2.45) is 5.92 Å². The molecule has 0 aliphatic carbocycles. The molecule has 0 aliphatic heterocycles. The van der Waals surface area contributed by atoms with Gasteiger partial charge in [-0.05, 0) is 27.2 Å². The Morgan fingerprint density at radius 2 is 1.47 bits per heavy atom. The van der Waals surface area contributed by atoms with Gasteiger partial charge < -0.3 is 9.47 Å². The Morgan fingerprint density at radius 1 is 0.947 bits per heavy atom. The fourth-order valence-electron chi connectivity index (χ4n) is 1.31. The maximum atomic E-state index is 11.6. The molecule has 0 aromatic carbocycles. The van der Waals surface area contributed by atoms with E-state index in [2.05, 4.69) is 0 Å². The number of hydrogen-bond donors (Lipinski definition) is 0. The van der Waals surface area contributed by atoms with E-state index in [1.54, 1.807) is 26.0 Å². The zero-order valence-electron chi connectivity index (χ0n) is 11.8. The smallest absolute Gasteiger partial charge is 0.320 e. The molecule has 0 fully saturated rings. The lowest BCUT2D eigenvalue weighted by Gasteiger charge is -2.12. The van der Waals surface area contributed by atoms with Gasteiger partial charge in [-0.1, -0.05) is 36.5 Å². The molecular formula is C15H22O4.